The summed E-state index contributed by atoms with van der Waals surface area (Å²) in [6.45, 7) is 8.30. The summed E-state index contributed by atoms with van der Waals surface area (Å²) in [5, 5.41) is 3.58. The lowest BCUT2D eigenvalue weighted by molar-refractivity contribution is 0.179. The molecule has 1 atom stereocenters. The van der Waals surface area contributed by atoms with Crippen LogP contribution in [0.2, 0.25) is 0 Å². The molecule has 0 aromatic heterocycles. The molecule has 1 aliphatic heterocycles. The van der Waals surface area contributed by atoms with Crippen molar-refractivity contribution in [3.05, 3.63) is 0 Å². The van der Waals surface area contributed by atoms with Crippen LogP contribution in [-0.4, -0.2) is 30.7 Å². The van der Waals surface area contributed by atoms with E-state index in [9.17, 15) is 0 Å². The van der Waals surface area contributed by atoms with Gasteiger partial charge in [-0.15, -0.1) is 0 Å². The largest absolute Gasteiger partial charge is 0.302 e. The van der Waals surface area contributed by atoms with Crippen molar-refractivity contribution in [2.75, 3.05) is 19.6 Å². The van der Waals surface area contributed by atoms with Gasteiger partial charge in [-0.3, -0.25) is 4.90 Å². The van der Waals surface area contributed by atoms with Gasteiger partial charge in [-0.2, -0.15) is 0 Å². The van der Waals surface area contributed by atoms with Crippen LogP contribution < -0.4 is 5.32 Å². The summed E-state index contributed by atoms with van der Waals surface area (Å²) in [4.78, 5) is 2.62. The van der Waals surface area contributed by atoms with E-state index in [0.717, 1.165) is 0 Å². The number of rotatable bonds is 6. The first-order chi connectivity index (χ1) is 6.38. The zero-order valence-corrected chi connectivity index (χ0v) is 9.18. The quantitative estimate of drug-likeness (QED) is 0.681. The molecule has 0 aromatic carbocycles. The molecule has 0 amide bonds. The highest BCUT2D eigenvalue weighted by Crippen LogP contribution is 2.11. The Morgan fingerprint density at radius 3 is 2.62 bits per heavy atom. The minimum atomic E-state index is 0.687. The Labute approximate surface area is 82.7 Å². The van der Waals surface area contributed by atoms with Crippen molar-refractivity contribution in [1.82, 2.24) is 10.2 Å². The Balaban J connectivity index is 2.26. The van der Waals surface area contributed by atoms with Gasteiger partial charge in [0.15, 0.2) is 0 Å². The predicted molar refractivity (Wildman–Crippen MR) is 57.8 cm³/mol. The summed E-state index contributed by atoms with van der Waals surface area (Å²) in [6, 6.07) is 0. The summed E-state index contributed by atoms with van der Waals surface area (Å²) in [5.74, 6) is 0. The van der Waals surface area contributed by atoms with Gasteiger partial charge in [0.25, 0.3) is 0 Å². The lowest BCUT2D eigenvalue weighted by Crippen LogP contribution is -2.42. The number of nitrogens with zero attached hydrogens (tertiary/aromatic N) is 1. The van der Waals surface area contributed by atoms with Crippen LogP contribution in [0, 0.1) is 0 Å². The van der Waals surface area contributed by atoms with Gasteiger partial charge in [0.1, 0.15) is 0 Å². The van der Waals surface area contributed by atoms with E-state index in [1.807, 2.05) is 0 Å². The van der Waals surface area contributed by atoms with Gasteiger partial charge < -0.3 is 5.32 Å². The lowest BCUT2D eigenvalue weighted by atomic mass is 10.2. The van der Waals surface area contributed by atoms with Gasteiger partial charge in [-0.25, -0.2) is 0 Å². The van der Waals surface area contributed by atoms with E-state index < -0.39 is 0 Å². The van der Waals surface area contributed by atoms with Gasteiger partial charge in [-0.05, 0) is 45.3 Å². The Hall–Kier alpha value is -0.0800. The Kier molecular flexibility index (Phi) is 5.40. The van der Waals surface area contributed by atoms with E-state index in [4.69, 9.17) is 0 Å². The Morgan fingerprint density at radius 2 is 2.08 bits per heavy atom. The first-order valence-electron chi connectivity index (χ1n) is 5.86. The fraction of sp³-hybridized carbons (Fsp3) is 1.00. The zero-order chi connectivity index (χ0) is 9.52. The molecule has 0 aromatic rings. The first-order valence-corrected chi connectivity index (χ1v) is 5.86. The summed E-state index contributed by atoms with van der Waals surface area (Å²) >= 11 is 0. The monoisotopic (exact) mass is 184 g/mol. The second-order valence-corrected chi connectivity index (χ2v) is 4.00. The minimum absolute atomic E-state index is 0.687. The van der Waals surface area contributed by atoms with Gasteiger partial charge >= 0.3 is 0 Å². The molecule has 1 unspecified atom stereocenters. The SMILES string of the molecule is CCCCN(CCC)C1CCCN1. The molecule has 0 saturated carbocycles. The van der Waals surface area contributed by atoms with E-state index in [2.05, 4.69) is 24.1 Å². The molecular weight excluding hydrogens is 160 g/mol. The maximum absolute atomic E-state index is 3.58. The molecule has 1 N–H and O–H groups in total. The fourth-order valence-corrected chi connectivity index (χ4v) is 2.05. The van der Waals surface area contributed by atoms with E-state index in [1.54, 1.807) is 0 Å². The van der Waals surface area contributed by atoms with Crippen LogP contribution in [0.1, 0.15) is 46.0 Å². The third-order valence-corrected chi connectivity index (χ3v) is 2.78. The van der Waals surface area contributed by atoms with Crippen LogP contribution >= 0.6 is 0 Å². The molecule has 1 fully saturated rings. The summed E-state index contributed by atoms with van der Waals surface area (Å²) in [7, 11) is 0. The van der Waals surface area contributed by atoms with Crippen LogP contribution in [0.5, 0.6) is 0 Å². The maximum atomic E-state index is 3.58. The van der Waals surface area contributed by atoms with Crippen LogP contribution in [0.15, 0.2) is 0 Å². The fourth-order valence-electron chi connectivity index (χ4n) is 2.05. The van der Waals surface area contributed by atoms with Crippen molar-refractivity contribution < 1.29 is 0 Å². The number of hydrogen-bond donors (Lipinski definition) is 1. The van der Waals surface area contributed by atoms with Crippen molar-refractivity contribution in [2.45, 2.75) is 52.1 Å². The maximum Gasteiger partial charge on any atom is 0.0597 e. The molecule has 1 saturated heterocycles. The summed E-state index contributed by atoms with van der Waals surface area (Å²) in [6.07, 6.45) is 7.33. The van der Waals surface area contributed by atoms with Crippen LogP contribution in [0.4, 0.5) is 0 Å². The molecule has 0 spiro atoms. The number of hydrogen-bond acceptors (Lipinski definition) is 2. The standard InChI is InChI=1S/C11H24N2/c1-3-5-10-13(9-4-2)11-7-6-8-12-11/h11-12H,3-10H2,1-2H3. The van der Waals surface area contributed by atoms with Crippen molar-refractivity contribution >= 4 is 0 Å². The van der Waals surface area contributed by atoms with Crippen LogP contribution in [-0.2, 0) is 0 Å². The van der Waals surface area contributed by atoms with Crippen LogP contribution in [0.25, 0.3) is 0 Å². The highest BCUT2D eigenvalue weighted by Gasteiger charge is 2.20. The average Bonchev–Trinajstić information content (AvgIpc) is 2.65. The molecule has 2 nitrogen and oxygen atoms in total. The summed E-state index contributed by atoms with van der Waals surface area (Å²) in [5.41, 5.74) is 0. The van der Waals surface area contributed by atoms with Gasteiger partial charge in [0.2, 0.25) is 0 Å². The van der Waals surface area contributed by atoms with Gasteiger partial charge in [0.05, 0.1) is 6.17 Å². The molecule has 1 aliphatic rings. The topological polar surface area (TPSA) is 15.3 Å². The molecule has 2 heteroatoms. The van der Waals surface area contributed by atoms with Crippen molar-refractivity contribution in [1.29, 1.82) is 0 Å². The van der Waals surface area contributed by atoms with Crippen molar-refractivity contribution in [2.24, 2.45) is 0 Å². The third-order valence-electron chi connectivity index (χ3n) is 2.78. The van der Waals surface area contributed by atoms with Crippen LogP contribution in [0.3, 0.4) is 0 Å². The summed E-state index contributed by atoms with van der Waals surface area (Å²) < 4.78 is 0. The van der Waals surface area contributed by atoms with Gasteiger partial charge in [0, 0.05) is 0 Å². The molecule has 1 heterocycles. The average molecular weight is 184 g/mol. The van der Waals surface area contributed by atoms with E-state index >= 15 is 0 Å². The molecule has 0 radical (unpaired) electrons. The second-order valence-electron chi connectivity index (χ2n) is 4.00. The first kappa shape index (κ1) is 11.0. The van der Waals surface area contributed by atoms with E-state index in [-0.39, 0.29) is 0 Å². The van der Waals surface area contributed by atoms with E-state index in [0.29, 0.717) is 6.17 Å². The molecule has 1 rings (SSSR count). The normalized spacial score (nSPS) is 22.8. The Bertz CT molecular complexity index is 119. The third kappa shape index (κ3) is 3.65. The highest BCUT2D eigenvalue weighted by molar-refractivity contribution is 4.75. The smallest absolute Gasteiger partial charge is 0.0597 e. The van der Waals surface area contributed by atoms with Crippen molar-refractivity contribution in [3.63, 3.8) is 0 Å². The van der Waals surface area contributed by atoms with E-state index in [1.165, 1.54) is 51.7 Å². The lowest BCUT2D eigenvalue weighted by Gasteiger charge is -2.28. The molecule has 13 heavy (non-hydrogen) atoms. The Morgan fingerprint density at radius 1 is 1.23 bits per heavy atom. The number of nitrogens with one attached hydrogen (secondary N) is 1. The molecule has 0 bridgehead atoms. The van der Waals surface area contributed by atoms with Gasteiger partial charge in [-0.1, -0.05) is 20.3 Å². The predicted octanol–water partition coefficient (Wildman–Crippen LogP) is 2.21. The van der Waals surface area contributed by atoms with Crippen molar-refractivity contribution in [3.8, 4) is 0 Å². The molecule has 0 aliphatic carbocycles. The molecule has 78 valence electrons. The highest BCUT2D eigenvalue weighted by atomic mass is 15.3. The number of unbranched alkanes of at least 4 members (excludes halogenated alkanes) is 1. The molecular formula is C11H24N2. The minimum Gasteiger partial charge on any atom is -0.302 e. The zero-order valence-electron chi connectivity index (χ0n) is 9.18. The second kappa shape index (κ2) is 6.39.